The van der Waals surface area contributed by atoms with Gasteiger partial charge in [0, 0.05) is 29.5 Å². The summed E-state index contributed by atoms with van der Waals surface area (Å²) in [5.41, 5.74) is 8.64. The van der Waals surface area contributed by atoms with Gasteiger partial charge >= 0.3 is 6.09 Å². The summed E-state index contributed by atoms with van der Waals surface area (Å²) in [6.45, 7) is 11.1. The first kappa shape index (κ1) is 28.6. The van der Waals surface area contributed by atoms with E-state index in [0.717, 1.165) is 36.0 Å². The van der Waals surface area contributed by atoms with Crippen molar-refractivity contribution in [2.24, 2.45) is 5.92 Å². The minimum absolute atomic E-state index is 0.0262. The smallest absolute Gasteiger partial charge is 0.414 e. The number of halogens is 1. The number of nitrogens with zero attached hydrogens (tertiary/aromatic N) is 1. The predicted molar refractivity (Wildman–Crippen MR) is 172 cm³/mol. The molecule has 1 heterocycles. The van der Waals surface area contributed by atoms with Crippen molar-refractivity contribution in [3.05, 3.63) is 99.1 Å². The fourth-order valence-corrected chi connectivity index (χ4v) is 8.04. The lowest BCUT2D eigenvalue weighted by Gasteiger charge is -2.38. The Morgan fingerprint density at radius 2 is 1.67 bits per heavy atom. The lowest BCUT2D eigenvalue weighted by Crippen LogP contribution is -2.38. The molecule has 42 heavy (non-hydrogen) atoms. The van der Waals surface area contributed by atoms with Crippen molar-refractivity contribution in [1.29, 1.82) is 0 Å². The quantitative estimate of drug-likeness (QED) is 0.276. The molecule has 0 radical (unpaired) electrons. The number of benzene rings is 3. The molecule has 1 amide bonds. The number of ether oxygens (including phenoxy) is 1. The van der Waals surface area contributed by atoms with Crippen LogP contribution in [0.1, 0.15) is 86.5 Å². The second-order valence-electron chi connectivity index (χ2n) is 12.1. The molecule has 2 N–H and O–H groups in total. The molecule has 5 nitrogen and oxygen atoms in total. The monoisotopic (exact) mass is 627 g/mol. The first-order chi connectivity index (χ1) is 20.2. The maximum absolute atomic E-state index is 13.8. The average Bonchev–Trinajstić information content (AvgIpc) is 3.31. The van der Waals surface area contributed by atoms with E-state index in [1.165, 1.54) is 16.7 Å². The van der Waals surface area contributed by atoms with Gasteiger partial charge in [-0.2, -0.15) is 0 Å². The Balaban J connectivity index is 1.36. The van der Waals surface area contributed by atoms with Gasteiger partial charge in [-0.1, -0.05) is 79.3 Å². The van der Waals surface area contributed by atoms with Gasteiger partial charge < -0.3 is 14.9 Å². The van der Waals surface area contributed by atoms with E-state index in [4.69, 9.17) is 4.74 Å². The van der Waals surface area contributed by atoms with Gasteiger partial charge in [-0.05, 0) is 89.6 Å². The first-order valence-electron chi connectivity index (χ1n) is 14.9. The molecular formula is C36H38BrNO4. The Labute approximate surface area is 256 Å². The van der Waals surface area contributed by atoms with Crippen LogP contribution in [-0.2, 0) is 4.74 Å². The number of phenols is 2. The van der Waals surface area contributed by atoms with Gasteiger partial charge in [-0.25, -0.2) is 4.79 Å². The fraction of sp³-hybridized carbons (Fsp3) is 0.361. The van der Waals surface area contributed by atoms with Gasteiger partial charge in [-0.15, -0.1) is 0 Å². The van der Waals surface area contributed by atoms with Gasteiger partial charge in [0.15, 0.2) is 0 Å². The molecule has 218 valence electrons. The summed E-state index contributed by atoms with van der Waals surface area (Å²) in [5, 5.41) is 23.5. The van der Waals surface area contributed by atoms with Gasteiger partial charge in [-0.3, -0.25) is 4.90 Å². The van der Waals surface area contributed by atoms with Crippen molar-refractivity contribution in [1.82, 2.24) is 0 Å². The molecule has 6 heteroatoms. The van der Waals surface area contributed by atoms with E-state index >= 15 is 0 Å². The van der Waals surface area contributed by atoms with E-state index in [9.17, 15) is 15.0 Å². The second-order valence-corrected chi connectivity index (χ2v) is 12.9. The van der Waals surface area contributed by atoms with Crippen molar-refractivity contribution >= 4 is 27.7 Å². The van der Waals surface area contributed by atoms with E-state index in [-0.39, 0.29) is 41.8 Å². The molecule has 0 saturated heterocycles. The number of carbonyl (C=O) groups excluding carboxylic acids is 1. The third-order valence-corrected chi connectivity index (χ3v) is 10.3. The maximum atomic E-state index is 13.8. The number of hydrogen-bond acceptors (Lipinski definition) is 4. The Hall–Kier alpha value is -3.51. The summed E-state index contributed by atoms with van der Waals surface area (Å²) in [7, 11) is 0. The highest BCUT2D eigenvalue weighted by Crippen LogP contribution is 2.57. The number of fused-ring (bicyclic) bond motifs is 4. The summed E-state index contributed by atoms with van der Waals surface area (Å²) in [6, 6.07) is 16.5. The number of rotatable bonds is 5. The van der Waals surface area contributed by atoms with Gasteiger partial charge in [0.2, 0.25) is 0 Å². The third kappa shape index (κ3) is 4.64. The number of anilines is 1. The highest BCUT2D eigenvalue weighted by atomic mass is 79.9. The van der Waals surface area contributed by atoms with E-state index in [0.29, 0.717) is 34.3 Å². The Bertz CT molecular complexity index is 1560. The number of phenolic OH excluding ortho intramolecular Hbond substituents is 2. The lowest BCUT2D eigenvalue weighted by molar-refractivity contribution is 0.149. The molecular weight excluding hydrogens is 590 g/mol. The van der Waals surface area contributed by atoms with Crippen LogP contribution in [0.5, 0.6) is 11.5 Å². The van der Waals surface area contributed by atoms with E-state index < -0.39 is 6.09 Å². The Morgan fingerprint density at radius 1 is 1.02 bits per heavy atom. The Kier molecular flexibility index (Phi) is 7.69. The zero-order valence-corrected chi connectivity index (χ0v) is 26.1. The summed E-state index contributed by atoms with van der Waals surface area (Å²) in [6.07, 6.45) is 5.06. The first-order valence-corrected chi connectivity index (χ1v) is 15.7. The SMILES string of the molecule is C=C(C)[C@@H]1CCC(C)=C[C@H]1c1c(O)c(Br)c2c(c1O)[C@H](CC)CCN2C(=O)OCC1c2ccccc2-c2ccccc21. The van der Waals surface area contributed by atoms with Crippen LogP contribution >= 0.6 is 15.9 Å². The minimum atomic E-state index is -0.479. The number of allylic oxidation sites excluding steroid dienone is 3. The lowest BCUT2D eigenvalue weighted by atomic mass is 9.72. The number of hydrogen-bond donors (Lipinski definition) is 2. The summed E-state index contributed by atoms with van der Waals surface area (Å²) >= 11 is 3.66. The van der Waals surface area contributed by atoms with Crippen LogP contribution in [0.25, 0.3) is 11.1 Å². The van der Waals surface area contributed by atoms with Crippen molar-refractivity contribution in [2.75, 3.05) is 18.1 Å². The van der Waals surface area contributed by atoms with Crippen LogP contribution in [0.3, 0.4) is 0 Å². The van der Waals surface area contributed by atoms with Crippen molar-refractivity contribution in [2.45, 2.75) is 64.2 Å². The highest BCUT2D eigenvalue weighted by Gasteiger charge is 2.40. The average molecular weight is 629 g/mol. The van der Waals surface area contributed by atoms with Gasteiger partial charge in [0.1, 0.15) is 18.1 Å². The van der Waals surface area contributed by atoms with Crippen LogP contribution in [0.4, 0.5) is 10.5 Å². The van der Waals surface area contributed by atoms with Crippen molar-refractivity contribution in [3.8, 4) is 22.6 Å². The van der Waals surface area contributed by atoms with E-state index in [1.807, 2.05) is 31.2 Å². The molecule has 3 atom stereocenters. The van der Waals surface area contributed by atoms with Crippen LogP contribution in [-0.4, -0.2) is 29.5 Å². The molecule has 3 aromatic carbocycles. The molecule has 0 saturated carbocycles. The van der Waals surface area contributed by atoms with Gasteiger partial charge in [0.25, 0.3) is 0 Å². The molecule has 3 aliphatic rings. The number of amides is 1. The minimum Gasteiger partial charge on any atom is -0.507 e. The van der Waals surface area contributed by atoms with Crippen molar-refractivity contribution in [3.63, 3.8) is 0 Å². The summed E-state index contributed by atoms with van der Waals surface area (Å²) in [4.78, 5) is 15.4. The molecule has 0 fully saturated rings. The number of aromatic hydroxyl groups is 2. The molecule has 0 spiro atoms. The highest BCUT2D eigenvalue weighted by molar-refractivity contribution is 9.10. The van der Waals surface area contributed by atoms with Gasteiger partial charge in [0.05, 0.1) is 10.2 Å². The molecule has 6 rings (SSSR count). The zero-order chi connectivity index (χ0) is 29.7. The third-order valence-electron chi connectivity index (χ3n) is 9.58. The maximum Gasteiger partial charge on any atom is 0.414 e. The van der Waals surface area contributed by atoms with Crippen LogP contribution < -0.4 is 4.90 Å². The molecule has 0 bridgehead atoms. The zero-order valence-electron chi connectivity index (χ0n) is 24.5. The molecule has 0 aromatic heterocycles. The van der Waals surface area contributed by atoms with E-state index in [1.54, 1.807) is 4.90 Å². The standard InChI is InChI=1S/C36H38BrNO4/c1-5-22-16-17-38(36(41)42-19-29-26-12-8-6-10-24(26)25-11-7-9-13-27(25)29)33-30(22)34(39)31(35(40)32(33)37)28-18-21(4)14-15-23(28)20(2)3/h6-13,18,22-23,28-29,39-40H,2,5,14-17,19H2,1,3-4H3/t22-,23+,28-/m1/s1. The summed E-state index contributed by atoms with van der Waals surface area (Å²) < 4.78 is 6.46. The molecule has 2 aliphatic carbocycles. The van der Waals surface area contributed by atoms with Crippen LogP contribution in [0.15, 0.2) is 76.8 Å². The molecule has 1 aliphatic heterocycles. The largest absolute Gasteiger partial charge is 0.507 e. The van der Waals surface area contributed by atoms with E-state index in [2.05, 4.69) is 66.7 Å². The summed E-state index contributed by atoms with van der Waals surface area (Å²) in [5.74, 6) is -0.0395. The molecule has 0 unspecified atom stereocenters. The van der Waals surface area contributed by atoms with Crippen LogP contribution in [0, 0.1) is 5.92 Å². The molecule has 3 aromatic rings. The second kappa shape index (κ2) is 11.3. The number of carbonyl (C=O) groups is 1. The van der Waals surface area contributed by atoms with Crippen LogP contribution in [0.2, 0.25) is 0 Å². The predicted octanol–water partition coefficient (Wildman–Crippen LogP) is 9.53. The Morgan fingerprint density at radius 3 is 2.29 bits per heavy atom. The van der Waals surface area contributed by atoms with Crippen molar-refractivity contribution < 1.29 is 19.7 Å². The topological polar surface area (TPSA) is 70.0 Å². The normalized spacial score (nSPS) is 21.3. The fourth-order valence-electron chi connectivity index (χ4n) is 7.39.